The van der Waals surface area contributed by atoms with E-state index in [-0.39, 0.29) is 0 Å². The molecular weight excluding hydrogens is 212 g/mol. The lowest BCUT2D eigenvalue weighted by Gasteiger charge is -2.17. The van der Waals surface area contributed by atoms with Crippen LogP contribution in [0.2, 0.25) is 0 Å². The van der Waals surface area contributed by atoms with Crippen LogP contribution in [0.5, 0.6) is 0 Å². The summed E-state index contributed by atoms with van der Waals surface area (Å²) in [5, 5.41) is 3.27. The van der Waals surface area contributed by atoms with Gasteiger partial charge in [0.2, 0.25) is 0 Å². The van der Waals surface area contributed by atoms with Crippen molar-refractivity contribution in [2.45, 2.75) is 33.9 Å². The van der Waals surface area contributed by atoms with Gasteiger partial charge < -0.3 is 9.73 Å². The smallest absolute Gasteiger partial charge is 0.118 e. The van der Waals surface area contributed by atoms with Crippen molar-refractivity contribution in [2.75, 3.05) is 19.6 Å². The van der Waals surface area contributed by atoms with Crippen molar-refractivity contribution in [3.63, 3.8) is 0 Å². The molecule has 1 N–H and O–H groups in total. The van der Waals surface area contributed by atoms with Gasteiger partial charge in [0.1, 0.15) is 11.5 Å². The van der Waals surface area contributed by atoms with Crippen molar-refractivity contribution in [2.24, 2.45) is 0 Å². The Morgan fingerprint density at radius 1 is 1.47 bits per heavy atom. The first kappa shape index (κ1) is 14.0. The molecule has 0 atom stereocenters. The van der Waals surface area contributed by atoms with Crippen LogP contribution in [0.3, 0.4) is 0 Å². The molecule has 3 nitrogen and oxygen atoms in total. The number of nitrogens with zero attached hydrogens (tertiary/aromatic N) is 1. The number of likely N-dealkylation sites (N-methyl/N-ethyl adjacent to an activating group) is 1. The first-order valence-corrected chi connectivity index (χ1v) is 6.33. The number of rotatable bonds is 8. The topological polar surface area (TPSA) is 28.4 Å². The molecule has 0 radical (unpaired) electrons. The molecule has 0 aliphatic carbocycles. The van der Waals surface area contributed by atoms with Gasteiger partial charge in [0.25, 0.3) is 0 Å². The molecule has 1 aromatic rings. The van der Waals surface area contributed by atoms with Gasteiger partial charge in [-0.25, -0.2) is 0 Å². The minimum atomic E-state index is 0.810. The Bertz CT molecular complexity index is 344. The summed E-state index contributed by atoms with van der Waals surface area (Å²) in [4.78, 5) is 2.34. The van der Waals surface area contributed by atoms with Crippen LogP contribution in [-0.4, -0.2) is 24.5 Å². The second-order valence-corrected chi connectivity index (χ2v) is 4.19. The van der Waals surface area contributed by atoms with E-state index in [0.29, 0.717) is 0 Å². The molecular formula is C14H24N2O. The fourth-order valence-corrected chi connectivity index (χ4v) is 1.81. The van der Waals surface area contributed by atoms with Crippen molar-refractivity contribution in [1.82, 2.24) is 10.2 Å². The van der Waals surface area contributed by atoms with E-state index in [4.69, 9.17) is 4.42 Å². The Balaban J connectivity index is 2.63. The SMILES string of the molecule is C=CCN(CC)Cc1cc(CNCC)oc1C. The quantitative estimate of drug-likeness (QED) is 0.703. The van der Waals surface area contributed by atoms with Gasteiger partial charge in [0.15, 0.2) is 0 Å². The lowest BCUT2D eigenvalue weighted by Crippen LogP contribution is -2.22. The minimum absolute atomic E-state index is 0.810. The zero-order chi connectivity index (χ0) is 12.7. The monoisotopic (exact) mass is 236 g/mol. The molecule has 0 bridgehead atoms. The van der Waals surface area contributed by atoms with E-state index in [0.717, 1.165) is 44.2 Å². The standard InChI is InChI=1S/C14H24N2O/c1-5-8-16(7-3)11-13-9-14(10-15-6-2)17-12(13)4/h5,9,15H,1,6-8,10-11H2,2-4H3. The predicted molar refractivity (Wildman–Crippen MR) is 72.0 cm³/mol. The van der Waals surface area contributed by atoms with Crippen LogP contribution in [-0.2, 0) is 13.1 Å². The predicted octanol–water partition coefficient (Wildman–Crippen LogP) is 2.71. The van der Waals surface area contributed by atoms with Crippen LogP contribution in [0.1, 0.15) is 30.9 Å². The zero-order valence-corrected chi connectivity index (χ0v) is 11.3. The van der Waals surface area contributed by atoms with Gasteiger partial charge in [-0.15, -0.1) is 6.58 Å². The van der Waals surface area contributed by atoms with Crippen LogP contribution in [0.4, 0.5) is 0 Å². The van der Waals surface area contributed by atoms with Gasteiger partial charge in [-0.2, -0.15) is 0 Å². The molecule has 0 fully saturated rings. The number of hydrogen-bond donors (Lipinski definition) is 1. The van der Waals surface area contributed by atoms with E-state index in [9.17, 15) is 0 Å². The van der Waals surface area contributed by atoms with Crippen LogP contribution in [0.25, 0.3) is 0 Å². The van der Waals surface area contributed by atoms with E-state index in [2.05, 4.69) is 36.7 Å². The summed E-state index contributed by atoms with van der Waals surface area (Å²) in [5.74, 6) is 2.05. The maximum Gasteiger partial charge on any atom is 0.118 e. The van der Waals surface area contributed by atoms with Gasteiger partial charge in [-0.05, 0) is 26.1 Å². The summed E-state index contributed by atoms with van der Waals surface area (Å²) in [6.07, 6.45) is 1.94. The number of aryl methyl sites for hydroxylation is 1. The Labute approximate surface area is 104 Å². The Morgan fingerprint density at radius 2 is 2.24 bits per heavy atom. The molecule has 96 valence electrons. The van der Waals surface area contributed by atoms with Crippen molar-refractivity contribution in [3.05, 3.63) is 35.8 Å². The number of furan rings is 1. The average molecular weight is 236 g/mol. The van der Waals surface area contributed by atoms with E-state index in [1.54, 1.807) is 0 Å². The zero-order valence-electron chi connectivity index (χ0n) is 11.3. The second-order valence-electron chi connectivity index (χ2n) is 4.19. The van der Waals surface area contributed by atoms with E-state index in [1.165, 1.54) is 5.56 Å². The van der Waals surface area contributed by atoms with Gasteiger partial charge in [0, 0.05) is 18.7 Å². The van der Waals surface area contributed by atoms with Gasteiger partial charge in [0.05, 0.1) is 6.54 Å². The maximum absolute atomic E-state index is 5.73. The highest BCUT2D eigenvalue weighted by atomic mass is 16.3. The Kier molecular flexibility index (Phi) is 6.01. The molecule has 17 heavy (non-hydrogen) atoms. The fraction of sp³-hybridized carbons (Fsp3) is 0.571. The molecule has 0 aromatic carbocycles. The molecule has 0 aliphatic heterocycles. The minimum Gasteiger partial charge on any atom is -0.465 e. The van der Waals surface area contributed by atoms with Crippen LogP contribution in [0, 0.1) is 6.92 Å². The van der Waals surface area contributed by atoms with Crippen molar-refractivity contribution >= 4 is 0 Å². The highest BCUT2D eigenvalue weighted by molar-refractivity contribution is 5.20. The summed E-state index contributed by atoms with van der Waals surface area (Å²) >= 11 is 0. The fourth-order valence-electron chi connectivity index (χ4n) is 1.81. The molecule has 0 spiro atoms. The molecule has 0 unspecified atom stereocenters. The first-order chi connectivity index (χ1) is 8.21. The first-order valence-electron chi connectivity index (χ1n) is 6.33. The van der Waals surface area contributed by atoms with Gasteiger partial charge in [-0.3, -0.25) is 4.90 Å². The van der Waals surface area contributed by atoms with Crippen molar-refractivity contribution in [3.8, 4) is 0 Å². The summed E-state index contributed by atoms with van der Waals surface area (Å²) in [5.41, 5.74) is 1.28. The molecule has 0 aliphatic rings. The lowest BCUT2D eigenvalue weighted by molar-refractivity contribution is 0.308. The molecule has 3 heteroatoms. The summed E-state index contributed by atoms with van der Waals surface area (Å²) in [7, 11) is 0. The lowest BCUT2D eigenvalue weighted by atomic mass is 10.2. The molecule has 0 saturated carbocycles. The maximum atomic E-state index is 5.73. The Morgan fingerprint density at radius 3 is 2.82 bits per heavy atom. The largest absolute Gasteiger partial charge is 0.465 e. The van der Waals surface area contributed by atoms with E-state index < -0.39 is 0 Å². The molecule has 0 saturated heterocycles. The molecule has 1 heterocycles. The van der Waals surface area contributed by atoms with Crippen molar-refractivity contribution in [1.29, 1.82) is 0 Å². The summed E-state index contributed by atoms with van der Waals surface area (Å²) < 4.78 is 5.73. The van der Waals surface area contributed by atoms with Gasteiger partial charge in [-0.1, -0.05) is 19.9 Å². The summed E-state index contributed by atoms with van der Waals surface area (Å²) in [6.45, 7) is 14.7. The number of nitrogens with one attached hydrogen (secondary N) is 1. The average Bonchev–Trinajstić information content (AvgIpc) is 2.67. The normalized spacial score (nSPS) is 11.1. The molecule has 0 amide bonds. The van der Waals surface area contributed by atoms with Crippen LogP contribution in [0.15, 0.2) is 23.1 Å². The van der Waals surface area contributed by atoms with Gasteiger partial charge >= 0.3 is 0 Å². The third kappa shape index (κ3) is 4.36. The Hall–Kier alpha value is -1.06. The van der Waals surface area contributed by atoms with E-state index in [1.807, 2.05) is 13.0 Å². The highest BCUT2D eigenvalue weighted by Gasteiger charge is 2.10. The third-order valence-electron chi connectivity index (χ3n) is 2.85. The molecule has 1 rings (SSSR count). The van der Waals surface area contributed by atoms with Crippen LogP contribution >= 0.6 is 0 Å². The van der Waals surface area contributed by atoms with E-state index >= 15 is 0 Å². The van der Waals surface area contributed by atoms with Crippen molar-refractivity contribution < 1.29 is 4.42 Å². The second kappa shape index (κ2) is 7.30. The highest BCUT2D eigenvalue weighted by Crippen LogP contribution is 2.16. The number of hydrogen-bond acceptors (Lipinski definition) is 3. The summed E-state index contributed by atoms with van der Waals surface area (Å²) in [6, 6.07) is 2.16. The third-order valence-corrected chi connectivity index (χ3v) is 2.85. The van der Waals surface area contributed by atoms with Crippen LogP contribution < -0.4 is 5.32 Å². The molecule has 1 aromatic heterocycles.